The summed E-state index contributed by atoms with van der Waals surface area (Å²) in [5, 5.41) is 3.69. The van der Waals surface area contributed by atoms with Gasteiger partial charge in [0.2, 0.25) is 0 Å². The second kappa shape index (κ2) is 12.1. The number of hydrogen-bond donors (Lipinski definition) is 1. The van der Waals surface area contributed by atoms with Gasteiger partial charge in [0.05, 0.1) is 0 Å². The number of nitrogens with one attached hydrogen (secondary N) is 1. The Morgan fingerprint density at radius 3 is 1.38 bits per heavy atom. The van der Waals surface area contributed by atoms with Crippen LogP contribution in [-0.2, 0) is 0 Å². The van der Waals surface area contributed by atoms with Gasteiger partial charge in [0.15, 0.2) is 0 Å². The van der Waals surface area contributed by atoms with Gasteiger partial charge in [0.1, 0.15) is 0 Å². The van der Waals surface area contributed by atoms with Gasteiger partial charge in [-0.05, 0) is 0 Å². The Labute approximate surface area is 200 Å². The monoisotopic (exact) mass is 573 g/mol. The van der Waals surface area contributed by atoms with Crippen LogP contribution in [0, 0.1) is 0 Å². The SMILES string of the molecule is CCCN(CCC)c1ccc2c(c1)[SeH+]c1cc(N(CCC)CCC)ccc1N2.[I-]. The summed E-state index contributed by atoms with van der Waals surface area (Å²) in [5.41, 5.74) is 5.38. The average Bonchev–Trinajstić information content (AvgIpc) is 2.71. The molecule has 0 bridgehead atoms. The van der Waals surface area contributed by atoms with E-state index in [-0.39, 0.29) is 38.9 Å². The van der Waals surface area contributed by atoms with Crippen LogP contribution in [-0.4, -0.2) is 41.1 Å². The molecule has 1 N–H and O–H groups in total. The molecule has 0 fully saturated rings. The van der Waals surface area contributed by atoms with E-state index in [0.717, 1.165) is 26.2 Å². The fourth-order valence-corrected chi connectivity index (χ4v) is 6.35. The molecule has 0 radical (unpaired) electrons. The minimum atomic E-state index is 0. The van der Waals surface area contributed by atoms with Gasteiger partial charge >= 0.3 is 178 Å². The van der Waals surface area contributed by atoms with Crippen molar-refractivity contribution in [3.8, 4) is 0 Å². The average molecular weight is 572 g/mol. The molecule has 160 valence electrons. The van der Waals surface area contributed by atoms with Crippen LogP contribution in [0.15, 0.2) is 36.4 Å². The van der Waals surface area contributed by atoms with Gasteiger partial charge in [0, 0.05) is 0 Å². The minimum Gasteiger partial charge on any atom is -1.00 e. The van der Waals surface area contributed by atoms with Crippen LogP contribution in [0.25, 0.3) is 0 Å². The summed E-state index contributed by atoms with van der Waals surface area (Å²) in [7, 11) is 0. The van der Waals surface area contributed by atoms with Gasteiger partial charge in [0.25, 0.3) is 0 Å². The van der Waals surface area contributed by atoms with E-state index >= 15 is 0 Å². The van der Waals surface area contributed by atoms with E-state index in [1.807, 2.05) is 0 Å². The van der Waals surface area contributed by atoms with E-state index in [9.17, 15) is 0 Å². The molecule has 0 atom stereocenters. The first-order chi connectivity index (χ1) is 13.7. The Morgan fingerprint density at radius 2 is 1.03 bits per heavy atom. The van der Waals surface area contributed by atoms with Crippen LogP contribution >= 0.6 is 0 Å². The van der Waals surface area contributed by atoms with Crippen molar-refractivity contribution in [2.75, 3.05) is 41.3 Å². The van der Waals surface area contributed by atoms with Crippen LogP contribution < -0.4 is 48.0 Å². The molecule has 0 aromatic heterocycles. The van der Waals surface area contributed by atoms with E-state index in [2.05, 4.69) is 79.2 Å². The van der Waals surface area contributed by atoms with Crippen molar-refractivity contribution in [3.05, 3.63) is 36.4 Å². The van der Waals surface area contributed by atoms with Gasteiger partial charge in [-0.25, -0.2) is 0 Å². The third kappa shape index (κ3) is 6.05. The molecule has 1 aliphatic rings. The van der Waals surface area contributed by atoms with Crippen molar-refractivity contribution in [1.29, 1.82) is 0 Å². The zero-order chi connectivity index (χ0) is 19.9. The summed E-state index contributed by atoms with van der Waals surface area (Å²) in [6, 6.07) is 14.0. The first kappa shape index (κ1) is 24.4. The molecule has 5 heteroatoms. The van der Waals surface area contributed by atoms with E-state index in [1.54, 1.807) is 0 Å². The number of benzene rings is 2. The smallest absolute Gasteiger partial charge is 1.00 e. The molecule has 1 heterocycles. The van der Waals surface area contributed by atoms with E-state index < -0.39 is 0 Å². The van der Waals surface area contributed by atoms with Crippen molar-refractivity contribution in [1.82, 2.24) is 0 Å². The van der Waals surface area contributed by atoms with Gasteiger partial charge in [-0.15, -0.1) is 0 Å². The molecular formula is C24H36IN3Se. The number of hydrogen-bond acceptors (Lipinski definition) is 3. The summed E-state index contributed by atoms with van der Waals surface area (Å²) in [6.07, 6.45) is 4.78. The number of fused-ring (bicyclic) bond motifs is 2. The van der Waals surface area contributed by atoms with Crippen LogP contribution in [0.5, 0.6) is 0 Å². The maximum atomic E-state index is 3.69. The van der Waals surface area contributed by atoms with Crippen LogP contribution in [0.4, 0.5) is 22.7 Å². The zero-order valence-corrected chi connectivity index (χ0v) is 22.4. The molecule has 0 amide bonds. The molecule has 0 saturated carbocycles. The van der Waals surface area contributed by atoms with Crippen LogP contribution in [0.1, 0.15) is 53.4 Å². The van der Waals surface area contributed by atoms with Gasteiger partial charge in [-0.2, -0.15) is 0 Å². The summed E-state index contributed by atoms with van der Waals surface area (Å²) in [5.74, 6) is 0. The molecule has 2 aromatic carbocycles. The molecule has 3 rings (SSSR count). The van der Waals surface area contributed by atoms with Crippen molar-refractivity contribution in [2.24, 2.45) is 0 Å². The maximum Gasteiger partial charge on any atom is -1.00 e. The predicted molar refractivity (Wildman–Crippen MR) is 128 cm³/mol. The van der Waals surface area contributed by atoms with Gasteiger partial charge < -0.3 is 24.0 Å². The number of anilines is 4. The van der Waals surface area contributed by atoms with E-state index in [0.29, 0.717) is 0 Å². The molecule has 29 heavy (non-hydrogen) atoms. The molecular weight excluding hydrogens is 536 g/mol. The molecule has 0 unspecified atom stereocenters. The van der Waals surface area contributed by atoms with Crippen molar-refractivity contribution in [3.63, 3.8) is 0 Å². The van der Waals surface area contributed by atoms with Crippen LogP contribution in [0.2, 0.25) is 0 Å². The Bertz CT molecular complexity index is 705. The topological polar surface area (TPSA) is 18.5 Å². The van der Waals surface area contributed by atoms with Crippen LogP contribution in [0.3, 0.4) is 0 Å². The second-order valence-electron chi connectivity index (χ2n) is 7.61. The Kier molecular flexibility index (Phi) is 10.1. The number of nitrogens with zero attached hydrogens (tertiary/aromatic N) is 2. The molecule has 0 saturated heterocycles. The maximum absolute atomic E-state index is 3.69. The fourth-order valence-electron chi connectivity index (χ4n) is 3.92. The summed E-state index contributed by atoms with van der Waals surface area (Å²) < 4.78 is 3.02. The molecule has 2 aromatic rings. The fraction of sp³-hybridized carbons (Fsp3) is 0.500. The standard InChI is InChI=1S/C24H35N3Se.HI/c1-5-13-26(14-6-2)19-9-11-21-23(17-19)28-24-18-20(10-12-22(24)25-21)27(15-7-3)16-8-4;/h9-12,17-18,25H,5-8,13-16H2,1-4H3;1H. The molecule has 0 spiro atoms. The third-order valence-corrected chi connectivity index (χ3v) is 7.74. The zero-order valence-electron chi connectivity index (χ0n) is 18.3. The van der Waals surface area contributed by atoms with Crippen molar-refractivity contribution in [2.45, 2.75) is 53.4 Å². The number of halogens is 1. The minimum absolute atomic E-state index is 0. The third-order valence-electron chi connectivity index (χ3n) is 5.18. The Hall–Kier alpha value is -0.911. The van der Waals surface area contributed by atoms with E-state index in [4.69, 9.17) is 0 Å². The Morgan fingerprint density at radius 1 is 0.655 bits per heavy atom. The summed E-state index contributed by atoms with van der Waals surface area (Å²) in [4.78, 5) is 5.08. The molecule has 0 aliphatic carbocycles. The summed E-state index contributed by atoms with van der Waals surface area (Å²) >= 11 is 0.00936. The van der Waals surface area contributed by atoms with Crippen molar-refractivity contribution < 1.29 is 24.0 Å². The first-order valence-corrected chi connectivity index (χ1v) is 12.8. The molecule has 3 nitrogen and oxygen atoms in total. The normalized spacial score (nSPS) is 11.7. The van der Waals surface area contributed by atoms with E-state index in [1.165, 1.54) is 57.4 Å². The summed E-state index contributed by atoms with van der Waals surface area (Å²) in [6.45, 7) is 13.6. The molecule has 1 aliphatic heterocycles. The second-order valence-corrected chi connectivity index (χ2v) is 10.1. The Balaban J connectivity index is 0.00000300. The van der Waals surface area contributed by atoms with Gasteiger partial charge in [-0.3, -0.25) is 0 Å². The predicted octanol–water partition coefficient (Wildman–Crippen LogP) is 1.39. The quantitative estimate of drug-likeness (QED) is 0.293. The number of rotatable bonds is 10. The van der Waals surface area contributed by atoms with Crippen molar-refractivity contribution >= 4 is 46.6 Å². The first-order valence-electron chi connectivity index (χ1n) is 11.0. The largest absolute Gasteiger partial charge is 1.00 e. The van der Waals surface area contributed by atoms with Gasteiger partial charge in [-0.1, -0.05) is 0 Å².